The normalized spacial score (nSPS) is 17.4. The third-order valence-electron chi connectivity index (χ3n) is 5.59. The molecular weight excluding hydrogens is 356 g/mol. The minimum atomic E-state index is -1.06. The first kappa shape index (κ1) is 18.5. The van der Waals surface area contributed by atoms with Gasteiger partial charge in [-0.3, -0.25) is 10.2 Å². The van der Waals surface area contributed by atoms with E-state index in [1.54, 1.807) is 4.90 Å². The Labute approximate surface area is 164 Å². The number of carbonyl (C=O) groups is 2. The molecule has 1 atom stereocenters. The summed E-state index contributed by atoms with van der Waals surface area (Å²) in [5.74, 6) is -1.10. The number of hydrogen-bond acceptors (Lipinski definition) is 4. The Morgan fingerprint density at radius 1 is 1.00 bits per heavy atom. The van der Waals surface area contributed by atoms with Gasteiger partial charge in [0.05, 0.1) is 0 Å². The van der Waals surface area contributed by atoms with Crippen molar-refractivity contribution in [1.29, 1.82) is 0 Å². The SMILES string of the molecule is O=C(NC(C(=O)O)N1CCCCC1)OCC1c2ccccc2-c2ccccc21. The van der Waals surface area contributed by atoms with Crippen molar-refractivity contribution in [1.82, 2.24) is 10.2 Å². The number of amides is 1. The number of fused-ring (bicyclic) bond motifs is 3. The second-order valence-corrected chi connectivity index (χ2v) is 7.31. The molecule has 4 rings (SSSR count). The number of alkyl carbamates (subject to hydrolysis) is 1. The van der Waals surface area contributed by atoms with E-state index < -0.39 is 18.2 Å². The lowest BCUT2D eigenvalue weighted by atomic mass is 9.98. The molecule has 1 aliphatic heterocycles. The second kappa shape index (κ2) is 8.02. The lowest BCUT2D eigenvalue weighted by molar-refractivity contribution is -0.144. The molecule has 1 heterocycles. The van der Waals surface area contributed by atoms with Gasteiger partial charge in [-0.1, -0.05) is 55.0 Å². The Morgan fingerprint density at radius 3 is 2.14 bits per heavy atom. The van der Waals surface area contributed by atoms with Gasteiger partial charge in [0.1, 0.15) is 6.61 Å². The standard InChI is InChI=1S/C22H24N2O4/c25-21(26)20(24-12-6-1-7-13-24)23-22(27)28-14-19-17-10-4-2-8-15(17)16-9-3-5-11-18(16)19/h2-5,8-11,19-20H,1,6-7,12-14H2,(H,23,27)(H,25,26). The van der Waals surface area contributed by atoms with E-state index in [0.29, 0.717) is 13.1 Å². The average Bonchev–Trinajstić information content (AvgIpc) is 3.05. The number of hydrogen-bond donors (Lipinski definition) is 2. The Bertz CT molecular complexity index is 831. The molecule has 1 amide bonds. The molecule has 6 nitrogen and oxygen atoms in total. The van der Waals surface area contributed by atoms with Crippen molar-refractivity contribution < 1.29 is 19.4 Å². The molecule has 0 bridgehead atoms. The summed E-state index contributed by atoms with van der Waals surface area (Å²) >= 11 is 0. The molecule has 146 valence electrons. The van der Waals surface area contributed by atoms with Gasteiger partial charge in [-0.15, -0.1) is 0 Å². The van der Waals surface area contributed by atoms with E-state index in [2.05, 4.69) is 29.6 Å². The zero-order valence-corrected chi connectivity index (χ0v) is 15.6. The molecule has 0 aromatic heterocycles. The highest BCUT2D eigenvalue weighted by Crippen LogP contribution is 2.44. The number of benzene rings is 2. The predicted octanol–water partition coefficient (Wildman–Crippen LogP) is 3.42. The van der Waals surface area contributed by atoms with Crippen LogP contribution >= 0.6 is 0 Å². The molecular formula is C22H24N2O4. The Balaban J connectivity index is 1.44. The van der Waals surface area contributed by atoms with Crippen molar-refractivity contribution in [3.63, 3.8) is 0 Å². The van der Waals surface area contributed by atoms with E-state index in [1.807, 2.05) is 24.3 Å². The number of piperidine rings is 1. The number of rotatable bonds is 5. The van der Waals surface area contributed by atoms with Crippen molar-refractivity contribution in [3.8, 4) is 11.1 Å². The van der Waals surface area contributed by atoms with Crippen LogP contribution in [0.15, 0.2) is 48.5 Å². The quantitative estimate of drug-likeness (QED) is 0.831. The van der Waals surface area contributed by atoms with Gasteiger partial charge in [0.15, 0.2) is 6.17 Å². The highest BCUT2D eigenvalue weighted by atomic mass is 16.5. The van der Waals surface area contributed by atoms with E-state index in [9.17, 15) is 14.7 Å². The van der Waals surface area contributed by atoms with Crippen LogP contribution in [-0.4, -0.2) is 47.9 Å². The first-order chi connectivity index (χ1) is 13.6. The zero-order valence-electron chi connectivity index (χ0n) is 15.6. The van der Waals surface area contributed by atoms with Crippen LogP contribution in [0.2, 0.25) is 0 Å². The van der Waals surface area contributed by atoms with Crippen molar-refractivity contribution in [2.24, 2.45) is 0 Å². The molecule has 1 aliphatic carbocycles. The second-order valence-electron chi connectivity index (χ2n) is 7.31. The van der Waals surface area contributed by atoms with Crippen LogP contribution in [0.3, 0.4) is 0 Å². The summed E-state index contributed by atoms with van der Waals surface area (Å²) in [5, 5.41) is 12.0. The predicted molar refractivity (Wildman–Crippen MR) is 105 cm³/mol. The molecule has 1 fully saturated rings. The van der Waals surface area contributed by atoms with Gasteiger partial charge in [0.2, 0.25) is 0 Å². The van der Waals surface area contributed by atoms with Crippen LogP contribution < -0.4 is 5.32 Å². The van der Waals surface area contributed by atoms with Crippen molar-refractivity contribution in [3.05, 3.63) is 59.7 Å². The lowest BCUT2D eigenvalue weighted by Gasteiger charge is -2.31. The van der Waals surface area contributed by atoms with Crippen molar-refractivity contribution in [2.45, 2.75) is 31.3 Å². The molecule has 2 aromatic carbocycles. The number of likely N-dealkylation sites (tertiary alicyclic amines) is 1. The number of carboxylic acid groups (broad SMARTS) is 1. The van der Waals surface area contributed by atoms with Crippen LogP contribution in [0.1, 0.15) is 36.3 Å². The first-order valence-corrected chi connectivity index (χ1v) is 9.73. The lowest BCUT2D eigenvalue weighted by Crippen LogP contribution is -2.54. The summed E-state index contributed by atoms with van der Waals surface area (Å²) in [6, 6.07) is 16.2. The van der Waals surface area contributed by atoms with Crippen LogP contribution in [0.5, 0.6) is 0 Å². The van der Waals surface area contributed by atoms with Gasteiger partial charge in [-0.25, -0.2) is 9.59 Å². The molecule has 1 unspecified atom stereocenters. The smallest absolute Gasteiger partial charge is 0.408 e. The van der Waals surface area contributed by atoms with Gasteiger partial charge in [0, 0.05) is 19.0 Å². The van der Waals surface area contributed by atoms with Crippen molar-refractivity contribution in [2.75, 3.05) is 19.7 Å². The summed E-state index contributed by atoms with van der Waals surface area (Å²) in [6.07, 6.45) is 1.23. The van der Waals surface area contributed by atoms with E-state index in [1.165, 1.54) is 0 Å². The molecule has 0 saturated carbocycles. The number of nitrogens with zero attached hydrogens (tertiary/aromatic N) is 1. The fourth-order valence-corrected chi connectivity index (χ4v) is 4.24. The highest BCUT2D eigenvalue weighted by molar-refractivity contribution is 5.80. The Hall–Kier alpha value is -2.86. The summed E-state index contributed by atoms with van der Waals surface area (Å²) in [6.45, 7) is 1.51. The van der Waals surface area contributed by atoms with Crippen LogP contribution in [0.25, 0.3) is 11.1 Å². The molecule has 2 N–H and O–H groups in total. The molecule has 0 radical (unpaired) electrons. The molecule has 2 aliphatic rings. The minimum absolute atomic E-state index is 0.0450. The zero-order chi connectivity index (χ0) is 19.5. The third kappa shape index (κ3) is 3.60. The average molecular weight is 380 g/mol. The van der Waals surface area contributed by atoms with Gasteiger partial charge in [-0.05, 0) is 35.1 Å². The van der Waals surface area contributed by atoms with Crippen LogP contribution in [0, 0.1) is 0 Å². The third-order valence-corrected chi connectivity index (χ3v) is 5.59. The summed E-state index contributed by atoms with van der Waals surface area (Å²) < 4.78 is 5.47. The number of carboxylic acids is 1. The Kier molecular flexibility index (Phi) is 5.30. The fourth-order valence-electron chi connectivity index (χ4n) is 4.24. The van der Waals surface area contributed by atoms with Crippen LogP contribution in [0.4, 0.5) is 4.79 Å². The topological polar surface area (TPSA) is 78.9 Å². The van der Waals surface area contributed by atoms with Gasteiger partial charge < -0.3 is 9.84 Å². The number of carbonyl (C=O) groups excluding carboxylic acids is 1. The number of nitrogens with one attached hydrogen (secondary N) is 1. The van der Waals surface area contributed by atoms with E-state index >= 15 is 0 Å². The van der Waals surface area contributed by atoms with E-state index in [-0.39, 0.29) is 12.5 Å². The minimum Gasteiger partial charge on any atom is -0.479 e. The van der Waals surface area contributed by atoms with E-state index in [0.717, 1.165) is 41.5 Å². The molecule has 0 spiro atoms. The number of ether oxygens (including phenoxy) is 1. The molecule has 1 saturated heterocycles. The van der Waals surface area contributed by atoms with Gasteiger partial charge >= 0.3 is 12.1 Å². The summed E-state index contributed by atoms with van der Waals surface area (Å²) in [7, 11) is 0. The van der Waals surface area contributed by atoms with Gasteiger partial charge in [0.25, 0.3) is 0 Å². The number of aliphatic carboxylic acids is 1. The van der Waals surface area contributed by atoms with E-state index in [4.69, 9.17) is 4.74 Å². The Morgan fingerprint density at radius 2 is 1.57 bits per heavy atom. The fraction of sp³-hybridized carbons (Fsp3) is 0.364. The molecule has 6 heteroatoms. The van der Waals surface area contributed by atoms with Crippen molar-refractivity contribution >= 4 is 12.1 Å². The largest absolute Gasteiger partial charge is 0.479 e. The summed E-state index contributed by atoms with van der Waals surface area (Å²) in [5.41, 5.74) is 4.57. The summed E-state index contributed by atoms with van der Waals surface area (Å²) in [4.78, 5) is 25.8. The molecule has 2 aromatic rings. The monoisotopic (exact) mass is 380 g/mol. The first-order valence-electron chi connectivity index (χ1n) is 9.73. The van der Waals surface area contributed by atoms with Crippen LogP contribution in [-0.2, 0) is 9.53 Å². The maximum absolute atomic E-state index is 12.4. The maximum Gasteiger partial charge on any atom is 0.408 e. The molecule has 28 heavy (non-hydrogen) atoms. The maximum atomic E-state index is 12.4. The van der Waals surface area contributed by atoms with Gasteiger partial charge in [-0.2, -0.15) is 0 Å². The highest BCUT2D eigenvalue weighted by Gasteiger charge is 2.31.